The Morgan fingerprint density at radius 2 is 2.06 bits per heavy atom. The zero-order valence-electron chi connectivity index (χ0n) is 9.22. The molecule has 2 heterocycles. The predicted octanol–water partition coefficient (Wildman–Crippen LogP) is 0.0561. The van der Waals surface area contributed by atoms with Crippen LogP contribution in [0.15, 0.2) is 17.4 Å². The maximum Gasteiger partial charge on any atom is 0.156 e. The average Bonchev–Trinajstić information content (AvgIpc) is 2.33. The van der Waals surface area contributed by atoms with Gasteiger partial charge in [0.15, 0.2) is 5.82 Å². The van der Waals surface area contributed by atoms with Crippen molar-refractivity contribution in [2.75, 3.05) is 44.2 Å². The SMILES string of the molecule is Nc1nccnc1SCCN1CCNCC1. The molecule has 88 valence electrons. The Balaban J connectivity index is 1.73. The van der Waals surface area contributed by atoms with E-state index in [-0.39, 0.29) is 0 Å². The molecule has 0 aromatic carbocycles. The first-order valence-electron chi connectivity index (χ1n) is 5.48. The Bertz CT molecular complexity index is 327. The minimum atomic E-state index is 0.535. The maximum absolute atomic E-state index is 5.72. The van der Waals surface area contributed by atoms with E-state index in [2.05, 4.69) is 20.2 Å². The predicted molar refractivity (Wildman–Crippen MR) is 66.5 cm³/mol. The van der Waals surface area contributed by atoms with Crippen LogP contribution in [-0.4, -0.2) is 53.3 Å². The van der Waals surface area contributed by atoms with Crippen molar-refractivity contribution in [1.82, 2.24) is 20.2 Å². The zero-order valence-corrected chi connectivity index (χ0v) is 10.0. The van der Waals surface area contributed by atoms with E-state index < -0.39 is 0 Å². The fourth-order valence-electron chi connectivity index (χ4n) is 1.65. The van der Waals surface area contributed by atoms with Crippen molar-refractivity contribution < 1.29 is 0 Å². The van der Waals surface area contributed by atoms with Crippen molar-refractivity contribution in [2.45, 2.75) is 5.03 Å². The van der Waals surface area contributed by atoms with Gasteiger partial charge in [-0.2, -0.15) is 0 Å². The number of aromatic nitrogens is 2. The number of anilines is 1. The van der Waals surface area contributed by atoms with Gasteiger partial charge in [0.25, 0.3) is 0 Å². The summed E-state index contributed by atoms with van der Waals surface area (Å²) in [6.45, 7) is 5.55. The van der Waals surface area contributed by atoms with Crippen molar-refractivity contribution >= 4 is 17.6 Å². The van der Waals surface area contributed by atoms with Gasteiger partial charge in [-0.05, 0) is 0 Å². The molecule has 16 heavy (non-hydrogen) atoms. The number of nitrogens with zero attached hydrogens (tertiary/aromatic N) is 3. The van der Waals surface area contributed by atoms with Gasteiger partial charge >= 0.3 is 0 Å². The number of nitrogens with two attached hydrogens (primary N) is 1. The van der Waals surface area contributed by atoms with Crippen LogP contribution in [0.25, 0.3) is 0 Å². The first-order valence-corrected chi connectivity index (χ1v) is 6.47. The van der Waals surface area contributed by atoms with Crippen LogP contribution in [0.2, 0.25) is 0 Å². The molecule has 0 unspecified atom stereocenters. The fourth-order valence-corrected chi connectivity index (χ4v) is 2.53. The molecular formula is C10H17N5S. The zero-order chi connectivity index (χ0) is 11.2. The van der Waals surface area contributed by atoms with Gasteiger partial charge < -0.3 is 11.1 Å². The summed E-state index contributed by atoms with van der Waals surface area (Å²) in [5.74, 6) is 1.55. The number of thioether (sulfide) groups is 1. The van der Waals surface area contributed by atoms with Gasteiger partial charge in [0.05, 0.1) is 0 Å². The second-order valence-electron chi connectivity index (χ2n) is 3.69. The number of piperazine rings is 1. The van der Waals surface area contributed by atoms with E-state index in [4.69, 9.17) is 5.73 Å². The average molecular weight is 239 g/mol. The molecule has 0 atom stereocenters. The van der Waals surface area contributed by atoms with Crippen LogP contribution in [0.4, 0.5) is 5.82 Å². The highest BCUT2D eigenvalue weighted by Crippen LogP contribution is 2.19. The summed E-state index contributed by atoms with van der Waals surface area (Å²) in [5, 5.41) is 4.19. The molecule has 5 nitrogen and oxygen atoms in total. The monoisotopic (exact) mass is 239 g/mol. The molecule has 0 aliphatic carbocycles. The van der Waals surface area contributed by atoms with Crippen LogP contribution in [0.3, 0.4) is 0 Å². The molecule has 1 aromatic heterocycles. The molecule has 1 fully saturated rings. The molecule has 0 saturated carbocycles. The Morgan fingerprint density at radius 1 is 1.31 bits per heavy atom. The van der Waals surface area contributed by atoms with Crippen LogP contribution < -0.4 is 11.1 Å². The molecule has 0 spiro atoms. The Labute approximate surface area is 99.8 Å². The van der Waals surface area contributed by atoms with Crippen LogP contribution in [0, 0.1) is 0 Å². The number of rotatable bonds is 4. The van der Waals surface area contributed by atoms with Crippen molar-refractivity contribution in [2.24, 2.45) is 0 Å². The normalized spacial score (nSPS) is 17.5. The highest BCUT2D eigenvalue weighted by molar-refractivity contribution is 7.99. The lowest BCUT2D eigenvalue weighted by molar-refractivity contribution is 0.255. The highest BCUT2D eigenvalue weighted by Gasteiger charge is 2.09. The summed E-state index contributed by atoms with van der Waals surface area (Å²) in [7, 11) is 0. The lowest BCUT2D eigenvalue weighted by Crippen LogP contribution is -2.44. The summed E-state index contributed by atoms with van der Waals surface area (Å²) >= 11 is 1.68. The molecule has 0 radical (unpaired) electrons. The molecule has 2 rings (SSSR count). The van der Waals surface area contributed by atoms with E-state index in [0.29, 0.717) is 5.82 Å². The largest absolute Gasteiger partial charge is 0.381 e. The molecule has 1 aromatic rings. The molecule has 1 aliphatic heterocycles. The van der Waals surface area contributed by atoms with E-state index in [9.17, 15) is 0 Å². The van der Waals surface area contributed by atoms with Crippen molar-refractivity contribution in [3.05, 3.63) is 12.4 Å². The standard InChI is InChI=1S/C10H17N5S/c11-9-10(14-2-1-13-9)16-8-7-15-5-3-12-4-6-15/h1-2,12H,3-8H2,(H2,11,13). The Morgan fingerprint density at radius 3 is 2.81 bits per heavy atom. The maximum atomic E-state index is 5.72. The number of hydrogen-bond donors (Lipinski definition) is 2. The van der Waals surface area contributed by atoms with Crippen molar-refractivity contribution in [1.29, 1.82) is 0 Å². The summed E-state index contributed by atoms with van der Waals surface area (Å²) < 4.78 is 0. The van der Waals surface area contributed by atoms with E-state index in [1.165, 1.54) is 0 Å². The molecule has 0 amide bonds. The molecule has 0 bridgehead atoms. The quantitative estimate of drug-likeness (QED) is 0.724. The topological polar surface area (TPSA) is 67.1 Å². The second kappa shape index (κ2) is 6.03. The number of nitrogen functional groups attached to an aromatic ring is 1. The highest BCUT2D eigenvalue weighted by atomic mass is 32.2. The summed E-state index contributed by atoms with van der Waals surface area (Å²) in [6.07, 6.45) is 3.30. The molecule has 1 aliphatic rings. The van der Waals surface area contributed by atoms with E-state index in [1.54, 1.807) is 24.2 Å². The van der Waals surface area contributed by atoms with E-state index in [1.807, 2.05) is 0 Å². The fraction of sp³-hybridized carbons (Fsp3) is 0.600. The van der Waals surface area contributed by atoms with Gasteiger partial charge in [0, 0.05) is 50.9 Å². The number of nitrogens with one attached hydrogen (secondary N) is 1. The lowest BCUT2D eigenvalue weighted by atomic mass is 10.4. The van der Waals surface area contributed by atoms with Gasteiger partial charge in [-0.3, -0.25) is 4.90 Å². The third kappa shape index (κ3) is 3.33. The summed E-state index contributed by atoms with van der Waals surface area (Å²) in [6, 6.07) is 0. The minimum absolute atomic E-state index is 0.535. The smallest absolute Gasteiger partial charge is 0.156 e. The third-order valence-electron chi connectivity index (χ3n) is 2.55. The Hall–Kier alpha value is -0.850. The minimum Gasteiger partial charge on any atom is -0.381 e. The van der Waals surface area contributed by atoms with Crippen molar-refractivity contribution in [3.8, 4) is 0 Å². The van der Waals surface area contributed by atoms with Crippen LogP contribution >= 0.6 is 11.8 Å². The lowest BCUT2D eigenvalue weighted by Gasteiger charge is -2.26. The van der Waals surface area contributed by atoms with Crippen molar-refractivity contribution in [3.63, 3.8) is 0 Å². The second-order valence-corrected chi connectivity index (χ2v) is 4.77. The van der Waals surface area contributed by atoms with Gasteiger partial charge in [-0.1, -0.05) is 0 Å². The molecule has 6 heteroatoms. The molecule has 3 N–H and O–H groups in total. The van der Waals surface area contributed by atoms with Gasteiger partial charge in [0.2, 0.25) is 0 Å². The molecular weight excluding hydrogens is 222 g/mol. The van der Waals surface area contributed by atoms with Crippen LogP contribution in [0.5, 0.6) is 0 Å². The summed E-state index contributed by atoms with van der Waals surface area (Å²) in [5.41, 5.74) is 5.72. The van der Waals surface area contributed by atoms with E-state index in [0.717, 1.165) is 43.5 Å². The van der Waals surface area contributed by atoms with Crippen LogP contribution in [-0.2, 0) is 0 Å². The first-order chi connectivity index (χ1) is 7.86. The first kappa shape index (κ1) is 11.6. The number of hydrogen-bond acceptors (Lipinski definition) is 6. The van der Waals surface area contributed by atoms with Crippen LogP contribution in [0.1, 0.15) is 0 Å². The molecule has 1 saturated heterocycles. The van der Waals surface area contributed by atoms with Gasteiger partial charge in [-0.15, -0.1) is 11.8 Å². The Kier molecular flexibility index (Phi) is 4.38. The third-order valence-corrected chi connectivity index (χ3v) is 3.52. The van der Waals surface area contributed by atoms with Gasteiger partial charge in [-0.25, -0.2) is 9.97 Å². The summed E-state index contributed by atoms with van der Waals surface area (Å²) in [4.78, 5) is 10.7. The van der Waals surface area contributed by atoms with Gasteiger partial charge in [0.1, 0.15) is 5.03 Å². The van der Waals surface area contributed by atoms with E-state index >= 15 is 0 Å².